The number of carbonyl (C=O) groups excluding carboxylic acids is 1. The van der Waals surface area contributed by atoms with Crippen LogP contribution in [0.25, 0.3) is 0 Å². The monoisotopic (exact) mass is 233 g/mol. The maximum atomic E-state index is 11.5. The van der Waals surface area contributed by atoms with Gasteiger partial charge in [0.1, 0.15) is 6.04 Å². The fourth-order valence-corrected chi connectivity index (χ4v) is 1.27. The topological polar surface area (TPSA) is 88.1 Å². The van der Waals surface area contributed by atoms with E-state index in [0.717, 1.165) is 5.56 Å². The molecule has 1 rings (SSSR count). The van der Waals surface area contributed by atoms with Crippen molar-refractivity contribution in [1.82, 2.24) is 5.32 Å². The van der Waals surface area contributed by atoms with E-state index in [9.17, 15) is 4.79 Å². The molecule has 0 saturated heterocycles. The number of hydrogen-bond donors (Lipinski definition) is 2. The van der Waals surface area contributed by atoms with Crippen LogP contribution in [0.2, 0.25) is 0 Å². The number of nitrogens with two attached hydrogens (primary N) is 1. The maximum Gasteiger partial charge on any atom is 0.239 e. The SMILES string of the molecule is COCC(N)C(=O)NCc1ccc(C#N)cc1. The molecule has 90 valence electrons. The molecular formula is C12H15N3O2. The van der Waals surface area contributed by atoms with Gasteiger partial charge in [0.25, 0.3) is 0 Å². The summed E-state index contributed by atoms with van der Waals surface area (Å²) >= 11 is 0. The summed E-state index contributed by atoms with van der Waals surface area (Å²) in [7, 11) is 1.49. The number of benzene rings is 1. The van der Waals surface area contributed by atoms with E-state index >= 15 is 0 Å². The Hall–Kier alpha value is -1.90. The number of nitrogens with one attached hydrogen (secondary N) is 1. The zero-order chi connectivity index (χ0) is 12.7. The normalized spacial score (nSPS) is 11.6. The fraction of sp³-hybridized carbons (Fsp3) is 0.333. The molecule has 1 atom stereocenters. The van der Waals surface area contributed by atoms with E-state index in [1.165, 1.54) is 7.11 Å². The number of nitrogens with zero attached hydrogens (tertiary/aromatic N) is 1. The minimum Gasteiger partial charge on any atom is -0.383 e. The predicted octanol–water partition coefficient (Wildman–Crippen LogP) is 0.148. The Balaban J connectivity index is 2.45. The quantitative estimate of drug-likeness (QED) is 0.757. The van der Waals surface area contributed by atoms with E-state index in [4.69, 9.17) is 15.7 Å². The highest BCUT2D eigenvalue weighted by Crippen LogP contribution is 2.02. The van der Waals surface area contributed by atoms with Crippen LogP contribution in [0.15, 0.2) is 24.3 Å². The summed E-state index contributed by atoms with van der Waals surface area (Å²) in [5.41, 5.74) is 7.07. The van der Waals surface area contributed by atoms with Crippen LogP contribution >= 0.6 is 0 Å². The van der Waals surface area contributed by atoms with Crippen LogP contribution in [0.3, 0.4) is 0 Å². The summed E-state index contributed by atoms with van der Waals surface area (Å²) < 4.78 is 4.79. The van der Waals surface area contributed by atoms with E-state index in [1.54, 1.807) is 24.3 Å². The zero-order valence-corrected chi connectivity index (χ0v) is 9.64. The number of methoxy groups -OCH3 is 1. The number of carbonyl (C=O) groups is 1. The minimum absolute atomic E-state index is 0.194. The smallest absolute Gasteiger partial charge is 0.239 e. The van der Waals surface area contributed by atoms with Crippen LogP contribution < -0.4 is 11.1 Å². The van der Waals surface area contributed by atoms with Gasteiger partial charge in [-0.25, -0.2) is 0 Å². The van der Waals surface area contributed by atoms with Gasteiger partial charge in [0, 0.05) is 13.7 Å². The molecule has 1 unspecified atom stereocenters. The number of ether oxygens (including phenoxy) is 1. The van der Waals surface area contributed by atoms with Crippen LogP contribution in [-0.2, 0) is 16.1 Å². The molecule has 1 amide bonds. The Morgan fingerprint density at radius 3 is 2.71 bits per heavy atom. The first-order valence-electron chi connectivity index (χ1n) is 5.18. The Labute approximate surface area is 100 Å². The summed E-state index contributed by atoms with van der Waals surface area (Å²) in [5.74, 6) is -0.254. The average molecular weight is 233 g/mol. The number of hydrogen-bond acceptors (Lipinski definition) is 4. The molecule has 0 spiro atoms. The van der Waals surface area contributed by atoms with Crippen molar-refractivity contribution in [2.75, 3.05) is 13.7 Å². The fourth-order valence-electron chi connectivity index (χ4n) is 1.27. The Bertz CT molecular complexity index is 409. The van der Waals surface area contributed by atoms with Crippen LogP contribution in [0.5, 0.6) is 0 Å². The van der Waals surface area contributed by atoms with Gasteiger partial charge in [-0.05, 0) is 17.7 Å². The van der Waals surface area contributed by atoms with Crippen molar-refractivity contribution >= 4 is 5.91 Å². The Morgan fingerprint density at radius 2 is 2.18 bits per heavy atom. The van der Waals surface area contributed by atoms with Crippen LogP contribution in [0.1, 0.15) is 11.1 Å². The highest BCUT2D eigenvalue weighted by molar-refractivity contribution is 5.81. The van der Waals surface area contributed by atoms with Crippen LogP contribution in [0.4, 0.5) is 0 Å². The second-order valence-electron chi connectivity index (χ2n) is 3.59. The molecule has 5 nitrogen and oxygen atoms in total. The molecule has 0 aliphatic carbocycles. The lowest BCUT2D eigenvalue weighted by Crippen LogP contribution is -2.43. The van der Waals surface area contributed by atoms with E-state index in [0.29, 0.717) is 12.1 Å². The van der Waals surface area contributed by atoms with Crippen molar-refractivity contribution < 1.29 is 9.53 Å². The molecule has 1 aromatic rings. The van der Waals surface area contributed by atoms with Gasteiger partial charge in [-0.1, -0.05) is 12.1 Å². The minimum atomic E-state index is -0.654. The van der Waals surface area contributed by atoms with Gasteiger partial charge in [-0.15, -0.1) is 0 Å². The third kappa shape index (κ3) is 4.23. The Morgan fingerprint density at radius 1 is 1.53 bits per heavy atom. The molecule has 0 saturated carbocycles. The summed E-state index contributed by atoms with van der Waals surface area (Å²) in [5, 5.41) is 11.3. The number of nitriles is 1. The van der Waals surface area contributed by atoms with Gasteiger partial charge >= 0.3 is 0 Å². The van der Waals surface area contributed by atoms with Crippen molar-refractivity contribution in [3.63, 3.8) is 0 Å². The van der Waals surface area contributed by atoms with Crippen molar-refractivity contribution in [2.45, 2.75) is 12.6 Å². The third-order valence-electron chi connectivity index (χ3n) is 2.23. The lowest BCUT2D eigenvalue weighted by molar-refractivity contribution is -0.123. The van der Waals surface area contributed by atoms with E-state index < -0.39 is 6.04 Å². The molecule has 0 aromatic heterocycles. The predicted molar refractivity (Wildman–Crippen MR) is 62.9 cm³/mol. The van der Waals surface area contributed by atoms with Crippen molar-refractivity contribution in [3.05, 3.63) is 35.4 Å². The van der Waals surface area contributed by atoms with Gasteiger partial charge < -0.3 is 15.8 Å². The molecule has 1 aromatic carbocycles. The van der Waals surface area contributed by atoms with E-state index in [-0.39, 0.29) is 12.5 Å². The molecule has 0 fully saturated rings. The summed E-state index contributed by atoms with van der Waals surface area (Å²) in [6, 6.07) is 8.37. The first-order chi connectivity index (χ1) is 8.17. The highest BCUT2D eigenvalue weighted by atomic mass is 16.5. The van der Waals surface area contributed by atoms with Gasteiger partial charge in [0.15, 0.2) is 0 Å². The van der Waals surface area contributed by atoms with Crippen molar-refractivity contribution in [3.8, 4) is 6.07 Å². The first kappa shape index (κ1) is 13.2. The van der Waals surface area contributed by atoms with Gasteiger partial charge in [0.05, 0.1) is 18.2 Å². The Kier molecular flexibility index (Phi) is 5.14. The molecule has 0 heterocycles. The maximum absolute atomic E-state index is 11.5. The van der Waals surface area contributed by atoms with Crippen LogP contribution in [0, 0.1) is 11.3 Å². The highest BCUT2D eigenvalue weighted by Gasteiger charge is 2.11. The molecule has 0 bridgehead atoms. The molecular weight excluding hydrogens is 218 g/mol. The van der Waals surface area contributed by atoms with E-state index in [2.05, 4.69) is 5.32 Å². The zero-order valence-electron chi connectivity index (χ0n) is 9.64. The second-order valence-corrected chi connectivity index (χ2v) is 3.59. The molecule has 17 heavy (non-hydrogen) atoms. The lowest BCUT2D eigenvalue weighted by atomic mass is 10.1. The molecule has 0 radical (unpaired) electrons. The second kappa shape index (κ2) is 6.63. The molecule has 0 aliphatic rings. The number of rotatable bonds is 5. The third-order valence-corrected chi connectivity index (χ3v) is 2.23. The summed E-state index contributed by atoms with van der Waals surface area (Å²) in [4.78, 5) is 11.5. The summed E-state index contributed by atoms with van der Waals surface area (Å²) in [6.45, 7) is 0.584. The van der Waals surface area contributed by atoms with Crippen LogP contribution in [-0.4, -0.2) is 25.7 Å². The summed E-state index contributed by atoms with van der Waals surface area (Å²) in [6.07, 6.45) is 0. The first-order valence-corrected chi connectivity index (χ1v) is 5.18. The molecule has 3 N–H and O–H groups in total. The lowest BCUT2D eigenvalue weighted by Gasteiger charge is -2.11. The van der Waals surface area contributed by atoms with Crippen molar-refractivity contribution in [1.29, 1.82) is 5.26 Å². The van der Waals surface area contributed by atoms with Gasteiger partial charge in [-0.2, -0.15) is 5.26 Å². The van der Waals surface area contributed by atoms with Gasteiger partial charge in [0.2, 0.25) is 5.91 Å². The van der Waals surface area contributed by atoms with E-state index in [1.807, 2.05) is 6.07 Å². The molecule has 5 heteroatoms. The average Bonchev–Trinajstić information content (AvgIpc) is 2.36. The van der Waals surface area contributed by atoms with Gasteiger partial charge in [-0.3, -0.25) is 4.79 Å². The standard InChI is InChI=1S/C12H15N3O2/c1-17-8-11(14)12(16)15-7-10-4-2-9(6-13)3-5-10/h2-5,11H,7-8,14H2,1H3,(H,15,16). The largest absolute Gasteiger partial charge is 0.383 e. The number of amides is 1. The van der Waals surface area contributed by atoms with Crippen molar-refractivity contribution in [2.24, 2.45) is 5.73 Å². The molecule has 0 aliphatic heterocycles.